The van der Waals surface area contributed by atoms with Crippen molar-refractivity contribution in [2.75, 3.05) is 34.4 Å². The van der Waals surface area contributed by atoms with E-state index in [0.29, 0.717) is 0 Å². The van der Waals surface area contributed by atoms with Crippen LogP contribution in [0, 0.1) is 0 Å². The van der Waals surface area contributed by atoms with E-state index in [0.717, 1.165) is 35.3 Å². The van der Waals surface area contributed by atoms with Crippen LogP contribution in [-0.4, -0.2) is 39.3 Å². The van der Waals surface area contributed by atoms with E-state index < -0.39 is 0 Å². The number of unbranched alkanes of at least 4 members (excludes halogenated alkanes) is 5. The van der Waals surface area contributed by atoms with Gasteiger partial charge in [0.1, 0.15) is 11.5 Å². The molecule has 0 aromatic heterocycles. The number of benzene rings is 2. The van der Waals surface area contributed by atoms with E-state index >= 15 is 0 Å². The molecule has 0 saturated heterocycles. The second-order valence-electron chi connectivity index (χ2n) is 6.62. The Morgan fingerprint density at radius 1 is 0.875 bits per heavy atom. The van der Waals surface area contributed by atoms with Crippen molar-refractivity contribution in [1.82, 2.24) is 4.90 Å². The summed E-state index contributed by atoms with van der Waals surface area (Å²) in [5, 5.41) is 2.31. The zero-order valence-corrected chi connectivity index (χ0v) is 15.4. The van der Waals surface area contributed by atoms with Gasteiger partial charge in [0.2, 0.25) is 0 Å². The number of nitrogens with zero attached hydrogens (tertiary/aromatic N) is 1. The third-order valence-corrected chi connectivity index (χ3v) is 4.30. The van der Waals surface area contributed by atoms with E-state index in [9.17, 15) is 0 Å². The third-order valence-electron chi connectivity index (χ3n) is 4.30. The quantitative estimate of drug-likeness (QED) is 0.533. The fourth-order valence-electron chi connectivity index (χ4n) is 2.90. The Morgan fingerprint density at radius 2 is 1.62 bits per heavy atom. The predicted molar refractivity (Wildman–Crippen MR) is 102 cm³/mol. The zero-order chi connectivity index (χ0) is 17.2. The average molecular weight is 329 g/mol. The first-order valence-corrected chi connectivity index (χ1v) is 9.05. The molecule has 0 amide bonds. The summed E-state index contributed by atoms with van der Waals surface area (Å²) in [6.45, 7) is 2.00. The van der Waals surface area contributed by atoms with Gasteiger partial charge in [0.05, 0.1) is 13.7 Å². The highest BCUT2D eigenvalue weighted by atomic mass is 16.5. The highest BCUT2D eigenvalue weighted by molar-refractivity contribution is 5.89. The first-order valence-electron chi connectivity index (χ1n) is 9.05. The van der Waals surface area contributed by atoms with Gasteiger partial charge in [0.25, 0.3) is 0 Å². The number of rotatable bonds is 11. The molecule has 0 fully saturated rings. The minimum Gasteiger partial charge on any atom is -0.497 e. The molecule has 3 heteroatoms. The lowest BCUT2D eigenvalue weighted by Crippen LogP contribution is -2.12. The Morgan fingerprint density at radius 3 is 2.38 bits per heavy atom. The van der Waals surface area contributed by atoms with E-state index in [4.69, 9.17) is 9.47 Å². The second kappa shape index (κ2) is 10.2. The van der Waals surface area contributed by atoms with Crippen LogP contribution in [0.25, 0.3) is 10.8 Å². The maximum absolute atomic E-state index is 6.00. The molecule has 0 bridgehead atoms. The number of fused-ring (bicyclic) bond motifs is 1. The third kappa shape index (κ3) is 6.04. The van der Waals surface area contributed by atoms with Crippen molar-refractivity contribution < 1.29 is 9.47 Å². The SMILES string of the molecule is COc1ccc2c(OCCCCCCCCN(C)C)cccc2c1. The fourth-order valence-corrected chi connectivity index (χ4v) is 2.90. The summed E-state index contributed by atoms with van der Waals surface area (Å²) >= 11 is 0. The second-order valence-corrected chi connectivity index (χ2v) is 6.62. The van der Waals surface area contributed by atoms with E-state index in [1.165, 1.54) is 38.6 Å². The molecule has 3 nitrogen and oxygen atoms in total. The fraction of sp³-hybridized carbons (Fsp3) is 0.524. The molecule has 0 saturated carbocycles. The Labute approximate surface area is 146 Å². The van der Waals surface area contributed by atoms with Gasteiger partial charge in [-0.05, 0) is 63.1 Å². The summed E-state index contributed by atoms with van der Waals surface area (Å²) in [4.78, 5) is 2.26. The van der Waals surface area contributed by atoms with Gasteiger partial charge in [-0.25, -0.2) is 0 Å². The van der Waals surface area contributed by atoms with Crippen molar-refractivity contribution in [2.24, 2.45) is 0 Å². The standard InChI is InChI=1S/C21H31NO2/c1-22(2)15-8-6-4-5-7-9-16-24-21-12-10-11-18-17-19(23-3)13-14-20(18)21/h10-14,17H,4-9,15-16H2,1-3H3. The molecule has 24 heavy (non-hydrogen) atoms. The van der Waals surface area contributed by atoms with Crippen LogP contribution in [0.15, 0.2) is 36.4 Å². The van der Waals surface area contributed by atoms with Gasteiger partial charge >= 0.3 is 0 Å². The number of hydrogen-bond donors (Lipinski definition) is 0. The highest BCUT2D eigenvalue weighted by Crippen LogP contribution is 2.28. The van der Waals surface area contributed by atoms with Gasteiger partial charge in [-0.2, -0.15) is 0 Å². The molecule has 0 radical (unpaired) electrons. The molecule has 0 aliphatic carbocycles. The zero-order valence-electron chi connectivity index (χ0n) is 15.4. The maximum atomic E-state index is 6.00. The molecule has 0 heterocycles. The minimum atomic E-state index is 0.794. The average Bonchev–Trinajstić information content (AvgIpc) is 2.59. The molecular weight excluding hydrogens is 298 g/mol. The van der Waals surface area contributed by atoms with E-state index in [1.807, 2.05) is 12.1 Å². The van der Waals surface area contributed by atoms with Crippen LogP contribution in [0.1, 0.15) is 38.5 Å². The molecule has 0 spiro atoms. The van der Waals surface area contributed by atoms with Crippen LogP contribution in [0.5, 0.6) is 11.5 Å². The molecule has 2 aromatic rings. The van der Waals surface area contributed by atoms with Crippen molar-refractivity contribution in [3.05, 3.63) is 36.4 Å². The Kier molecular flexibility index (Phi) is 7.90. The predicted octanol–water partition coefficient (Wildman–Crippen LogP) is 5.13. The van der Waals surface area contributed by atoms with Gasteiger partial charge in [0.15, 0.2) is 0 Å². The maximum Gasteiger partial charge on any atom is 0.127 e. The first-order chi connectivity index (χ1) is 11.7. The normalized spacial score (nSPS) is 11.2. The van der Waals surface area contributed by atoms with E-state index in [-0.39, 0.29) is 0 Å². The lowest BCUT2D eigenvalue weighted by molar-refractivity contribution is 0.307. The van der Waals surface area contributed by atoms with Crippen LogP contribution in [0.2, 0.25) is 0 Å². The Hall–Kier alpha value is -1.74. The summed E-state index contributed by atoms with van der Waals surface area (Å²) in [6, 6.07) is 12.3. The summed E-state index contributed by atoms with van der Waals surface area (Å²) in [5.74, 6) is 1.86. The number of hydrogen-bond acceptors (Lipinski definition) is 3. The lowest BCUT2D eigenvalue weighted by Gasteiger charge is -2.10. The smallest absolute Gasteiger partial charge is 0.127 e. The lowest BCUT2D eigenvalue weighted by atomic mass is 10.1. The van der Waals surface area contributed by atoms with Gasteiger partial charge in [-0.3, -0.25) is 0 Å². The van der Waals surface area contributed by atoms with E-state index in [1.54, 1.807) is 7.11 Å². The molecule has 0 aliphatic rings. The summed E-state index contributed by atoms with van der Waals surface area (Å²) in [7, 11) is 5.98. The minimum absolute atomic E-state index is 0.794. The Balaban J connectivity index is 1.68. The van der Waals surface area contributed by atoms with Crippen molar-refractivity contribution in [2.45, 2.75) is 38.5 Å². The topological polar surface area (TPSA) is 21.7 Å². The Bertz CT molecular complexity index is 610. The summed E-state index contributed by atoms with van der Waals surface area (Å²) in [5.41, 5.74) is 0. The molecule has 132 valence electrons. The molecule has 2 aromatic carbocycles. The first kappa shape index (κ1) is 18.6. The van der Waals surface area contributed by atoms with Crippen LogP contribution in [0.4, 0.5) is 0 Å². The van der Waals surface area contributed by atoms with Crippen molar-refractivity contribution in [1.29, 1.82) is 0 Å². The van der Waals surface area contributed by atoms with Crippen LogP contribution < -0.4 is 9.47 Å². The summed E-state index contributed by atoms with van der Waals surface area (Å²) in [6.07, 6.45) is 7.67. The molecule has 0 N–H and O–H groups in total. The van der Waals surface area contributed by atoms with Gasteiger partial charge in [0, 0.05) is 5.39 Å². The van der Waals surface area contributed by atoms with Crippen molar-refractivity contribution in [3.8, 4) is 11.5 Å². The summed E-state index contributed by atoms with van der Waals surface area (Å²) < 4.78 is 11.3. The number of methoxy groups -OCH3 is 1. The highest BCUT2D eigenvalue weighted by Gasteiger charge is 2.03. The molecule has 0 unspecified atom stereocenters. The largest absolute Gasteiger partial charge is 0.497 e. The van der Waals surface area contributed by atoms with Gasteiger partial charge < -0.3 is 14.4 Å². The van der Waals surface area contributed by atoms with Crippen LogP contribution >= 0.6 is 0 Å². The monoisotopic (exact) mass is 329 g/mol. The number of ether oxygens (including phenoxy) is 2. The molecular formula is C21H31NO2. The molecule has 0 aliphatic heterocycles. The van der Waals surface area contributed by atoms with Crippen LogP contribution in [0.3, 0.4) is 0 Å². The van der Waals surface area contributed by atoms with Crippen LogP contribution in [-0.2, 0) is 0 Å². The van der Waals surface area contributed by atoms with Crippen molar-refractivity contribution >= 4 is 10.8 Å². The van der Waals surface area contributed by atoms with E-state index in [2.05, 4.69) is 43.3 Å². The molecule has 2 rings (SSSR count). The molecule has 0 atom stereocenters. The van der Waals surface area contributed by atoms with Gasteiger partial charge in [-0.15, -0.1) is 0 Å². The van der Waals surface area contributed by atoms with Gasteiger partial charge in [-0.1, -0.05) is 37.8 Å². The van der Waals surface area contributed by atoms with Crippen molar-refractivity contribution in [3.63, 3.8) is 0 Å².